The molecule has 1 fully saturated rings. The Morgan fingerprint density at radius 3 is 1.50 bits per heavy atom. The lowest BCUT2D eigenvalue weighted by atomic mass is 9.79. The fourth-order valence-electron chi connectivity index (χ4n) is 2.35. The van der Waals surface area contributed by atoms with Gasteiger partial charge in [0, 0.05) is 23.9 Å². The van der Waals surface area contributed by atoms with E-state index in [0.717, 1.165) is 0 Å². The molecule has 1 radical (unpaired) electrons. The molecule has 1 saturated heterocycles. The Balaban J connectivity index is 2.81. The molecule has 0 aliphatic carbocycles. The fraction of sp³-hybridized carbons (Fsp3) is 1.00. The minimum absolute atomic E-state index is 0.323. The highest BCUT2D eigenvalue weighted by Crippen LogP contribution is 2.35. The van der Waals surface area contributed by atoms with Crippen molar-refractivity contribution in [3.05, 3.63) is 0 Å². The molecule has 1 rings (SSSR count). The average molecular weight is 172 g/mol. The summed E-state index contributed by atoms with van der Waals surface area (Å²) in [6.07, 6.45) is 0.646. The molecule has 0 bridgehead atoms. The maximum atomic E-state index is 9.54. The summed E-state index contributed by atoms with van der Waals surface area (Å²) in [6.45, 7) is 7.70. The van der Waals surface area contributed by atoms with Gasteiger partial charge in [-0.15, -0.1) is 0 Å². The normalized spacial score (nSPS) is 31.5. The van der Waals surface area contributed by atoms with Crippen LogP contribution in [0.2, 0.25) is 0 Å². The highest BCUT2D eigenvalue weighted by Gasteiger charge is 2.46. The molecule has 0 atom stereocenters. The van der Waals surface area contributed by atoms with Crippen molar-refractivity contribution in [2.75, 3.05) is 0 Å². The molecule has 71 valence electrons. The first-order valence-corrected chi connectivity index (χ1v) is 4.31. The van der Waals surface area contributed by atoms with Crippen LogP contribution in [-0.4, -0.2) is 27.1 Å². The largest absolute Gasteiger partial charge is 0.365 e. The standard InChI is InChI=1S/C9H18NO2/c1-7(2)5-9(11,12)6-8(3,4)10-7/h11-12H,5-6H2,1-4H3. The zero-order valence-electron chi connectivity index (χ0n) is 8.26. The summed E-state index contributed by atoms with van der Waals surface area (Å²) in [7, 11) is 0. The molecule has 1 heterocycles. The van der Waals surface area contributed by atoms with Crippen molar-refractivity contribution in [3.63, 3.8) is 0 Å². The van der Waals surface area contributed by atoms with Gasteiger partial charge in [0.1, 0.15) is 0 Å². The second-order valence-corrected chi connectivity index (χ2v) is 5.07. The van der Waals surface area contributed by atoms with Gasteiger partial charge in [-0.05, 0) is 27.7 Å². The summed E-state index contributed by atoms with van der Waals surface area (Å²) in [5.41, 5.74) is -0.656. The fourth-order valence-corrected chi connectivity index (χ4v) is 2.35. The molecule has 0 saturated carbocycles. The maximum Gasteiger partial charge on any atom is 0.166 e. The molecule has 0 spiro atoms. The first-order valence-electron chi connectivity index (χ1n) is 4.31. The van der Waals surface area contributed by atoms with Crippen LogP contribution in [0.15, 0.2) is 0 Å². The van der Waals surface area contributed by atoms with Crippen molar-refractivity contribution in [1.29, 1.82) is 0 Å². The van der Waals surface area contributed by atoms with E-state index >= 15 is 0 Å². The van der Waals surface area contributed by atoms with Gasteiger partial charge in [-0.3, -0.25) is 0 Å². The van der Waals surface area contributed by atoms with Gasteiger partial charge >= 0.3 is 0 Å². The van der Waals surface area contributed by atoms with Gasteiger partial charge in [0.05, 0.1) is 0 Å². The van der Waals surface area contributed by atoms with Crippen molar-refractivity contribution in [2.24, 2.45) is 0 Å². The number of hydrogen-bond donors (Lipinski definition) is 2. The topological polar surface area (TPSA) is 54.6 Å². The molecule has 12 heavy (non-hydrogen) atoms. The Kier molecular flexibility index (Phi) is 2.02. The lowest BCUT2D eigenvalue weighted by molar-refractivity contribution is -0.210. The van der Waals surface area contributed by atoms with E-state index in [0.29, 0.717) is 12.8 Å². The number of rotatable bonds is 0. The number of hydrogen-bond acceptors (Lipinski definition) is 2. The van der Waals surface area contributed by atoms with E-state index in [-0.39, 0.29) is 11.1 Å². The van der Waals surface area contributed by atoms with Crippen LogP contribution in [0.4, 0.5) is 0 Å². The van der Waals surface area contributed by atoms with Crippen molar-refractivity contribution in [3.8, 4) is 0 Å². The van der Waals surface area contributed by atoms with E-state index in [4.69, 9.17) is 0 Å². The minimum Gasteiger partial charge on any atom is -0.365 e. The first-order chi connectivity index (χ1) is 5.12. The Morgan fingerprint density at radius 1 is 0.917 bits per heavy atom. The van der Waals surface area contributed by atoms with Crippen LogP contribution < -0.4 is 5.32 Å². The van der Waals surface area contributed by atoms with E-state index < -0.39 is 5.79 Å². The molecular formula is C9H18NO2. The highest BCUT2D eigenvalue weighted by molar-refractivity contribution is 4.99. The molecule has 0 amide bonds. The Hall–Kier alpha value is -0.120. The highest BCUT2D eigenvalue weighted by atomic mass is 16.5. The van der Waals surface area contributed by atoms with Gasteiger partial charge in [0.25, 0.3) is 0 Å². The number of piperidine rings is 1. The summed E-state index contributed by atoms with van der Waals surface area (Å²) in [6, 6.07) is 0. The van der Waals surface area contributed by atoms with E-state index in [1.807, 2.05) is 27.7 Å². The number of aliphatic hydroxyl groups is 2. The summed E-state index contributed by atoms with van der Waals surface area (Å²) >= 11 is 0. The second-order valence-electron chi connectivity index (χ2n) is 5.07. The van der Waals surface area contributed by atoms with Crippen LogP contribution in [0.3, 0.4) is 0 Å². The van der Waals surface area contributed by atoms with Crippen LogP contribution in [0.1, 0.15) is 40.5 Å². The quantitative estimate of drug-likeness (QED) is 0.526. The second kappa shape index (κ2) is 2.44. The van der Waals surface area contributed by atoms with E-state index in [2.05, 4.69) is 5.32 Å². The molecule has 0 unspecified atom stereocenters. The smallest absolute Gasteiger partial charge is 0.166 e. The van der Waals surface area contributed by atoms with Crippen LogP contribution in [0.5, 0.6) is 0 Å². The average Bonchev–Trinajstić information content (AvgIpc) is 1.44. The Morgan fingerprint density at radius 2 is 1.25 bits per heavy atom. The lowest BCUT2D eigenvalue weighted by Gasteiger charge is -2.46. The molecular weight excluding hydrogens is 154 g/mol. The van der Waals surface area contributed by atoms with Crippen LogP contribution >= 0.6 is 0 Å². The summed E-state index contributed by atoms with van der Waals surface area (Å²) in [5.74, 6) is -1.55. The van der Waals surface area contributed by atoms with Gasteiger partial charge in [0.2, 0.25) is 0 Å². The summed E-state index contributed by atoms with van der Waals surface area (Å²) in [5, 5.41) is 23.6. The van der Waals surface area contributed by atoms with Crippen molar-refractivity contribution in [1.82, 2.24) is 5.32 Å². The third kappa shape index (κ3) is 2.44. The zero-order valence-corrected chi connectivity index (χ0v) is 8.26. The van der Waals surface area contributed by atoms with Crippen molar-refractivity contribution < 1.29 is 10.2 Å². The maximum absolute atomic E-state index is 9.54. The zero-order chi connectivity index (χ0) is 9.62. The van der Waals surface area contributed by atoms with Crippen LogP contribution in [0, 0.1) is 0 Å². The predicted octanol–water partition coefficient (Wildman–Crippen LogP) is 0.623. The monoisotopic (exact) mass is 172 g/mol. The van der Waals surface area contributed by atoms with E-state index in [9.17, 15) is 10.2 Å². The molecule has 1 aliphatic rings. The third-order valence-electron chi connectivity index (χ3n) is 2.04. The van der Waals surface area contributed by atoms with Gasteiger partial charge in [0.15, 0.2) is 5.79 Å². The van der Waals surface area contributed by atoms with Crippen LogP contribution in [0.25, 0.3) is 0 Å². The molecule has 3 nitrogen and oxygen atoms in total. The molecule has 0 aromatic rings. The molecule has 2 N–H and O–H groups in total. The van der Waals surface area contributed by atoms with Crippen LogP contribution in [-0.2, 0) is 0 Å². The van der Waals surface area contributed by atoms with Gasteiger partial charge in [-0.1, -0.05) is 0 Å². The molecule has 3 heteroatoms. The Labute approximate surface area is 73.8 Å². The van der Waals surface area contributed by atoms with Gasteiger partial charge in [-0.25, -0.2) is 5.32 Å². The first kappa shape index (κ1) is 9.96. The Bertz CT molecular complexity index is 140. The minimum atomic E-state index is -1.55. The number of nitrogens with zero attached hydrogens (tertiary/aromatic N) is 1. The van der Waals surface area contributed by atoms with Gasteiger partial charge in [-0.2, -0.15) is 0 Å². The predicted molar refractivity (Wildman–Crippen MR) is 46.7 cm³/mol. The molecule has 0 aromatic heterocycles. The third-order valence-corrected chi connectivity index (χ3v) is 2.04. The van der Waals surface area contributed by atoms with E-state index in [1.165, 1.54) is 0 Å². The SMILES string of the molecule is CC1(C)CC(O)(O)CC(C)(C)[N]1. The van der Waals surface area contributed by atoms with Crippen molar-refractivity contribution >= 4 is 0 Å². The molecule has 1 aliphatic heterocycles. The summed E-state index contributed by atoms with van der Waals surface area (Å²) < 4.78 is 0. The van der Waals surface area contributed by atoms with Gasteiger partial charge < -0.3 is 10.2 Å². The molecule has 0 aromatic carbocycles. The van der Waals surface area contributed by atoms with E-state index in [1.54, 1.807) is 0 Å². The van der Waals surface area contributed by atoms with Crippen molar-refractivity contribution in [2.45, 2.75) is 57.4 Å². The summed E-state index contributed by atoms with van der Waals surface area (Å²) in [4.78, 5) is 0. The lowest BCUT2D eigenvalue weighted by Crippen LogP contribution is -2.59.